The fraction of sp³-hybridized carbons (Fsp3) is 0.312. The van der Waals surface area contributed by atoms with Crippen molar-refractivity contribution < 1.29 is 14.3 Å². The third-order valence-electron chi connectivity index (χ3n) is 2.95. The monoisotopic (exact) mass is 318 g/mol. The Morgan fingerprint density at radius 1 is 1.27 bits per heavy atom. The molecule has 0 spiro atoms. The van der Waals surface area contributed by atoms with Crippen LogP contribution in [-0.2, 0) is 4.79 Å². The summed E-state index contributed by atoms with van der Waals surface area (Å²) >= 11 is 1.25. The Labute approximate surface area is 133 Å². The van der Waals surface area contributed by atoms with E-state index in [1.807, 2.05) is 31.2 Å². The fourth-order valence-electron chi connectivity index (χ4n) is 1.73. The van der Waals surface area contributed by atoms with Gasteiger partial charge in [0.2, 0.25) is 5.91 Å². The number of aryl methyl sites for hydroxylation is 1. The number of thiazole rings is 1. The molecule has 1 aromatic heterocycles. The van der Waals surface area contributed by atoms with Gasteiger partial charge in [-0.25, -0.2) is 4.98 Å². The Bertz CT molecular complexity index is 650. The highest BCUT2D eigenvalue weighted by Gasteiger charge is 2.09. The molecule has 2 rings (SSSR count). The zero-order valence-electron chi connectivity index (χ0n) is 12.6. The van der Waals surface area contributed by atoms with Gasteiger partial charge >= 0.3 is 0 Å². The lowest BCUT2D eigenvalue weighted by Crippen LogP contribution is -2.12. The molecule has 116 valence electrons. The molecule has 0 bridgehead atoms. The number of benzene rings is 1. The summed E-state index contributed by atoms with van der Waals surface area (Å²) < 4.78 is 5.56. The maximum atomic E-state index is 11.8. The molecule has 0 aliphatic heterocycles. The lowest BCUT2D eigenvalue weighted by atomic mass is 10.2. The van der Waals surface area contributed by atoms with Crippen LogP contribution >= 0.6 is 11.3 Å². The van der Waals surface area contributed by atoms with Gasteiger partial charge in [0.15, 0.2) is 10.9 Å². The van der Waals surface area contributed by atoms with Crippen molar-refractivity contribution in [3.8, 4) is 5.75 Å². The van der Waals surface area contributed by atoms with Gasteiger partial charge in [0.05, 0.1) is 6.61 Å². The number of aromatic nitrogens is 1. The van der Waals surface area contributed by atoms with Crippen molar-refractivity contribution in [2.45, 2.75) is 26.7 Å². The van der Waals surface area contributed by atoms with Gasteiger partial charge in [0.1, 0.15) is 11.4 Å². The standard InChI is InChI=1S/C16H18N2O3S/c1-11-5-7-13(8-6-11)21-9-3-4-15(20)18-16-17-14(10-22-16)12(2)19/h5-8,10H,3-4,9H2,1-2H3,(H,17,18,20). The number of amides is 1. The van der Waals surface area contributed by atoms with E-state index in [4.69, 9.17) is 4.74 Å². The summed E-state index contributed by atoms with van der Waals surface area (Å²) in [6.45, 7) is 3.94. The molecule has 6 heteroatoms. The highest BCUT2D eigenvalue weighted by Crippen LogP contribution is 2.16. The number of nitrogens with zero attached hydrogens (tertiary/aromatic N) is 1. The maximum absolute atomic E-state index is 11.8. The topological polar surface area (TPSA) is 68.3 Å². The van der Waals surface area contributed by atoms with Crippen LogP contribution in [0.4, 0.5) is 5.13 Å². The smallest absolute Gasteiger partial charge is 0.226 e. The second-order valence-corrected chi connectivity index (χ2v) is 5.77. The van der Waals surface area contributed by atoms with Crippen LogP contribution < -0.4 is 10.1 Å². The zero-order chi connectivity index (χ0) is 15.9. The number of Topliss-reactive ketones (excluding diaryl/α,β-unsaturated/α-hetero) is 1. The number of ether oxygens (including phenoxy) is 1. The van der Waals surface area contributed by atoms with Gasteiger partial charge in [-0.15, -0.1) is 11.3 Å². The van der Waals surface area contributed by atoms with E-state index in [9.17, 15) is 9.59 Å². The Hall–Kier alpha value is -2.21. The summed E-state index contributed by atoms with van der Waals surface area (Å²) in [5.41, 5.74) is 1.56. The van der Waals surface area contributed by atoms with Crippen LogP contribution in [-0.4, -0.2) is 23.3 Å². The van der Waals surface area contributed by atoms with E-state index in [0.29, 0.717) is 30.3 Å². The molecule has 0 saturated carbocycles. The van der Waals surface area contributed by atoms with Crippen LogP contribution in [0.3, 0.4) is 0 Å². The van der Waals surface area contributed by atoms with Crippen molar-refractivity contribution >= 4 is 28.2 Å². The summed E-state index contributed by atoms with van der Waals surface area (Å²) in [4.78, 5) is 26.9. The molecule has 1 aromatic carbocycles. The average molecular weight is 318 g/mol. The number of ketones is 1. The van der Waals surface area contributed by atoms with E-state index < -0.39 is 0 Å². The first kappa shape index (κ1) is 16.2. The predicted octanol–water partition coefficient (Wildman–Crippen LogP) is 3.45. The van der Waals surface area contributed by atoms with Crippen LogP contribution in [0, 0.1) is 6.92 Å². The van der Waals surface area contributed by atoms with Gasteiger partial charge in [-0.2, -0.15) is 0 Å². The Morgan fingerprint density at radius 3 is 2.64 bits per heavy atom. The second kappa shape index (κ2) is 7.70. The highest BCUT2D eigenvalue weighted by molar-refractivity contribution is 7.14. The number of hydrogen-bond donors (Lipinski definition) is 1. The first-order valence-corrected chi connectivity index (χ1v) is 7.88. The van der Waals surface area contributed by atoms with Crippen molar-refractivity contribution in [2.75, 3.05) is 11.9 Å². The van der Waals surface area contributed by atoms with Gasteiger partial charge in [-0.3, -0.25) is 9.59 Å². The van der Waals surface area contributed by atoms with Gasteiger partial charge in [0, 0.05) is 18.7 Å². The van der Waals surface area contributed by atoms with E-state index in [1.165, 1.54) is 23.8 Å². The Balaban J connectivity index is 1.69. The predicted molar refractivity (Wildman–Crippen MR) is 86.7 cm³/mol. The number of carbonyl (C=O) groups excluding carboxylic acids is 2. The third kappa shape index (κ3) is 4.96. The second-order valence-electron chi connectivity index (χ2n) is 4.91. The Kier molecular flexibility index (Phi) is 5.66. The van der Waals surface area contributed by atoms with Crippen molar-refractivity contribution in [1.29, 1.82) is 0 Å². The Morgan fingerprint density at radius 2 is 2.00 bits per heavy atom. The van der Waals surface area contributed by atoms with Crippen LogP contribution in [0.1, 0.15) is 35.8 Å². The van der Waals surface area contributed by atoms with Crippen molar-refractivity contribution in [2.24, 2.45) is 0 Å². The lowest BCUT2D eigenvalue weighted by Gasteiger charge is -2.06. The van der Waals surface area contributed by atoms with E-state index >= 15 is 0 Å². The van der Waals surface area contributed by atoms with Gasteiger partial charge in [-0.05, 0) is 25.5 Å². The van der Waals surface area contributed by atoms with Gasteiger partial charge < -0.3 is 10.1 Å². The fourth-order valence-corrected chi connectivity index (χ4v) is 2.50. The molecule has 1 N–H and O–H groups in total. The molecular weight excluding hydrogens is 300 g/mol. The van der Waals surface area contributed by atoms with E-state index in [1.54, 1.807) is 5.38 Å². The summed E-state index contributed by atoms with van der Waals surface area (Å²) in [5, 5.41) is 4.77. The van der Waals surface area contributed by atoms with Crippen molar-refractivity contribution in [3.63, 3.8) is 0 Å². The van der Waals surface area contributed by atoms with Gasteiger partial charge in [0.25, 0.3) is 0 Å². The molecule has 0 radical (unpaired) electrons. The minimum atomic E-state index is -0.128. The van der Waals surface area contributed by atoms with E-state index in [-0.39, 0.29) is 11.7 Å². The molecule has 0 saturated heterocycles. The first-order valence-electron chi connectivity index (χ1n) is 7.00. The minimum Gasteiger partial charge on any atom is -0.494 e. The van der Waals surface area contributed by atoms with E-state index in [0.717, 1.165) is 5.75 Å². The summed E-state index contributed by atoms with van der Waals surface area (Å²) in [6.07, 6.45) is 0.964. The SMILES string of the molecule is CC(=O)c1csc(NC(=O)CCCOc2ccc(C)cc2)n1. The van der Waals surface area contributed by atoms with Gasteiger partial charge in [-0.1, -0.05) is 17.7 Å². The van der Waals surface area contributed by atoms with Crippen LogP contribution in [0.2, 0.25) is 0 Å². The molecule has 2 aromatic rings. The van der Waals surface area contributed by atoms with Crippen molar-refractivity contribution in [3.05, 3.63) is 40.9 Å². The number of carbonyl (C=O) groups is 2. The molecule has 0 aliphatic carbocycles. The number of nitrogens with one attached hydrogen (secondary N) is 1. The molecule has 0 fully saturated rings. The summed E-state index contributed by atoms with van der Waals surface area (Å²) in [5.74, 6) is 0.567. The van der Waals surface area contributed by atoms with Crippen LogP contribution in [0.25, 0.3) is 0 Å². The highest BCUT2D eigenvalue weighted by atomic mass is 32.1. The van der Waals surface area contributed by atoms with Crippen molar-refractivity contribution in [1.82, 2.24) is 4.98 Å². The van der Waals surface area contributed by atoms with Crippen LogP contribution in [0.15, 0.2) is 29.6 Å². The van der Waals surface area contributed by atoms with E-state index in [2.05, 4.69) is 10.3 Å². The molecule has 1 amide bonds. The molecule has 1 heterocycles. The minimum absolute atomic E-state index is 0.108. The molecule has 0 unspecified atom stereocenters. The number of hydrogen-bond acceptors (Lipinski definition) is 5. The zero-order valence-corrected chi connectivity index (χ0v) is 13.4. The number of rotatable bonds is 7. The molecule has 5 nitrogen and oxygen atoms in total. The molecule has 22 heavy (non-hydrogen) atoms. The molecule has 0 atom stereocenters. The summed E-state index contributed by atoms with van der Waals surface area (Å²) in [7, 11) is 0. The lowest BCUT2D eigenvalue weighted by molar-refractivity contribution is -0.116. The normalized spacial score (nSPS) is 10.3. The number of anilines is 1. The largest absolute Gasteiger partial charge is 0.494 e. The summed E-state index contributed by atoms with van der Waals surface area (Å²) in [6, 6.07) is 7.79. The third-order valence-corrected chi connectivity index (χ3v) is 3.71. The molecular formula is C16H18N2O3S. The first-order chi connectivity index (χ1) is 10.5. The average Bonchev–Trinajstić information content (AvgIpc) is 2.94. The van der Waals surface area contributed by atoms with Crippen LogP contribution in [0.5, 0.6) is 5.75 Å². The quantitative estimate of drug-likeness (QED) is 0.627. The molecule has 0 aliphatic rings. The maximum Gasteiger partial charge on any atom is 0.226 e.